The number of aromatic nitrogens is 2. The van der Waals surface area contributed by atoms with Gasteiger partial charge in [-0.1, -0.05) is 0 Å². The summed E-state index contributed by atoms with van der Waals surface area (Å²) in [5.74, 6) is 0.803. The lowest BCUT2D eigenvalue weighted by atomic mass is 10.7. The van der Waals surface area contributed by atoms with E-state index in [1.807, 2.05) is 6.20 Å². The van der Waals surface area contributed by atoms with Gasteiger partial charge in [0.2, 0.25) is 0 Å². The first kappa shape index (κ1) is 5.22. The van der Waals surface area contributed by atoms with Crippen LogP contribution in [0.3, 0.4) is 0 Å². The fourth-order valence-corrected chi connectivity index (χ4v) is 0.754. The molecule has 2 heterocycles. The first-order valence-electron chi connectivity index (χ1n) is 2.88. The number of hydrogen-bond donors (Lipinski definition) is 0. The van der Waals surface area contributed by atoms with Crippen LogP contribution in [0, 0.1) is 0 Å². The number of aliphatic imine (C=N–C) groups is 1. The molecule has 0 unspecified atom stereocenters. The topological polar surface area (TPSA) is 44.3 Å². The maximum atomic E-state index is 3.97. The van der Waals surface area contributed by atoms with Gasteiger partial charge in [-0.05, 0) is 0 Å². The third-order valence-corrected chi connectivity index (χ3v) is 1.22. The maximum Gasteiger partial charge on any atom is 0.158 e. The summed E-state index contributed by atoms with van der Waals surface area (Å²) in [5, 5.41) is 3.82. The summed E-state index contributed by atoms with van der Waals surface area (Å²) in [6.07, 6.45) is 8.40. The molecule has 1 aliphatic heterocycles. The summed E-state index contributed by atoms with van der Waals surface area (Å²) >= 11 is 0. The highest BCUT2D eigenvalue weighted by atomic mass is 15.2. The molecule has 0 amide bonds. The van der Waals surface area contributed by atoms with Crippen LogP contribution in [0.15, 0.2) is 29.9 Å². The third kappa shape index (κ3) is 0.699. The largest absolute Gasteiger partial charge is 0.289 e. The Kier molecular flexibility index (Phi) is 1.04. The van der Waals surface area contributed by atoms with Crippen molar-refractivity contribution in [3.8, 4) is 0 Å². The zero-order valence-electron chi connectivity index (χ0n) is 5.18. The minimum absolute atomic E-state index is 0.803. The van der Waals surface area contributed by atoms with Crippen LogP contribution >= 0.6 is 0 Å². The van der Waals surface area contributed by atoms with E-state index in [1.165, 1.54) is 6.34 Å². The predicted molar refractivity (Wildman–Crippen MR) is 37.1 cm³/mol. The lowest BCUT2D eigenvalue weighted by molar-refractivity contribution is 1.06. The molecule has 0 N–H and O–H groups in total. The van der Waals surface area contributed by atoms with Crippen LogP contribution in [-0.4, -0.2) is 15.9 Å². The lowest BCUT2D eigenvalue weighted by Gasteiger charge is -1.93. The van der Waals surface area contributed by atoms with Gasteiger partial charge in [0, 0.05) is 12.4 Å². The Balaban J connectivity index is 2.36. The summed E-state index contributed by atoms with van der Waals surface area (Å²) in [5.41, 5.74) is 0. The van der Waals surface area contributed by atoms with Crippen molar-refractivity contribution in [3.63, 3.8) is 0 Å². The van der Waals surface area contributed by atoms with Crippen molar-refractivity contribution in [2.75, 3.05) is 0 Å². The van der Waals surface area contributed by atoms with Gasteiger partial charge < -0.3 is 0 Å². The standard InChI is InChI=1S/C6H5N4/c1-2-10(5-7-1)6-3-8-4-9-6/h1-5H. The minimum atomic E-state index is 0.803. The Labute approximate surface area is 57.9 Å². The molecule has 4 heteroatoms. The van der Waals surface area contributed by atoms with Gasteiger partial charge in [0.05, 0.1) is 6.20 Å². The molecular formula is C6H5N4. The number of nitrogens with zero attached hydrogens (tertiary/aromatic N) is 4. The second-order valence-electron chi connectivity index (χ2n) is 1.85. The van der Waals surface area contributed by atoms with Crippen LogP contribution in [0.25, 0.3) is 5.82 Å². The van der Waals surface area contributed by atoms with Crippen molar-refractivity contribution >= 4 is 12.2 Å². The molecule has 49 valence electrons. The van der Waals surface area contributed by atoms with Crippen molar-refractivity contribution in [1.82, 2.24) is 14.9 Å². The lowest BCUT2D eigenvalue weighted by Crippen LogP contribution is -1.87. The van der Waals surface area contributed by atoms with E-state index in [2.05, 4.69) is 15.3 Å². The molecule has 0 atom stereocenters. The highest BCUT2D eigenvalue weighted by molar-refractivity contribution is 5.70. The van der Waals surface area contributed by atoms with Crippen molar-refractivity contribution < 1.29 is 0 Å². The van der Waals surface area contributed by atoms with E-state index < -0.39 is 0 Å². The molecule has 4 nitrogen and oxygen atoms in total. The smallest absolute Gasteiger partial charge is 0.158 e. The maximum absolute atomic E-state index is 3.97. The first-order valence-corrected chi connectivity index (χ1v) is 2.88. The Morgan fingerprint density at radius 1 is 1.40 bits per heavy atom. The normalized spacial score (nSPS) is 15.0. The summed E-state index contributed by atoms with van der Waals surface area (Å²) in [7, 11) is 0. The van der Waals surface area contributed by atoms with Crippen molar-refractivity contribution in [2.24, 2.45) is 4.99 Å². The van der Waals surface area contributed by atoms with Crippen LogP contribution in [0.1, 0.15) is 0 Å². The van der Waals surface area contributed by atoms with E-state index in [9.17, 15) is 0 Å². The Hall–Kier alpha value is -1.58. The van der Waals surface area contributed by atoms with Crippen molar-refractivity contribution in [1.29, 1.82) is 0 Å². The van der Waals surface area contributed by atoms with Crippen LogP contribution in [0.2, 0.25) is 0 Å². The molecule has 1 aliphatic rings. The van der Waals surface area contributed by atoms with Crippen LogP contribution in [0.4, 0.5) is 0 Å². The van der Waals surface area contributed by atoms with E-state index in [-0.39, 0.29) is 0 Å². The summed E-state index contributed by atoms with van der Waals surface area (Å²) in [6.45, 7) is 0. The van der Waals surface area contributed by atoms with Crippen LogP contribution < -0.4 is 5.32 Å². The summed E-state index contributed by atoms with van der Waals surface area (Å²) in [4.78, 5) is 7.84. The number of hydrogen-bond acceptors (Lipinski definition) is 2. The second-order valence-corrected chi connectivity index (χ2v) is 1.85. The summed E-state index contributed by atoms with van der Waals surface area (Å²) < 4.78 is 1.80. The van der Waals surface area contributed by atoms with Gasteiger partial charge in [-0.25, -0.2) is 15.3 Å². The van der Waals surface area contributed by atoms with E-state index in [4.69, 9.17) is 0 Å². The number of imidazole rings is 1. The average Bonchev–Trinajstić information content (AvgIpc) is 2.59. The molecule has 2 rings (SSSR count). The van der Waals surface area contributed by atoms with Gasteiger partial charge in [-0.2, -0.15) is 0 Å². The SMILES string of the molecule is C1=NC(n2ccnc2)=C[N]1. The van der Waals surface area contributed by atoms with Crippen molar-refractivity contribution in [2.45, 2.75) is 0 Å². The molecule has 1 aromatic rings. The quantitative estimate of drug-likeness (QED) is 0.542. The molecule has 0 aromatic carbocycles. The van der Waals surface area contributed by atoms with Gasteiger partial charge in [-0.15, -0.1) is 0 Å². The van der Waals surface area contributed by atoms with Crippen molar-refractivity contribution in [3.05, 3.63) is 24.9 Å². The molecule has 0 aliphatic carbocycles. The predicted octanol–water partition coefficient (Wildman–Crippen LogP) is 0.285. The molecule has 1 aromatic heterocycles. The molecule has 1 radical (unpaired) electrons. The highest BCUT2D eigenvalue weighted by Crippen LogP contribution is 2.05. The van der Waals surface area contributed by atoms with Gasteiger partial charge in [-0.3, -0.25) is 4.57 Å². The van der Waals surface area contributed by atoms with E-state index in [0.717, 1.165) is 5.82 Å². The molecule has 10 heavy (non-hydrogen) atoms. The van der Waals surface area contributed by atoms with Gasteiger partial charge in [0.25, 0.3) is 0 Å². The molecule has 0 saturated carbocycles. The van der Waals surface area contributed by atoms with Crippen LogP contribution in [0.5, 0.6) is 0 Å². The zero-order valence-corrected chi connectivity index (χ0v) is 5.18. The minimum Gasteiger partial charge on any atom is -0.289 e. The Morgan fingerprint density at radius 2 is 2.40 bits per heavy atom. The molecule has 0 fully saturated rings. The van der Waals surface area contributed by atoms with Crippen LogP contribution in [-0.2, 0) is 0 Å². The summed E-state index contributed by atoms with van der Waals surface area (Å²) in [6, 6.07) is 0. The third-order valence-electron chi connectivity index (χ3n) is 1.22. The molecule has 0 saturated heterocycles. The first-order chi connectivity index (χ1) is 4.97. The zero-order chi connectivity index (χ0) is 6.81. The Morgan fingerprint density at radius 3 is 3.00 bits per heavy atom. The van der Waals surface area contributed by atoms with E-state index in [1.54, 1.807) is 23.3 Å². The second kappa shape index (κ2) is 1.98. The Bertz CT molecular complexity index is 270. The van der Waals surface area contributed by atoms with E-state index >= 15 is 0 Å². The average molecular weight is 133 g/mol. The van der Waals surface area contributed by atoms with Gasteiger partial charge in [0.15, 0.2) is 5.82 Å². The molecule has 0 spiro atoms. The van der Waals surface area contributed by atoms with E-state index in [0.29, 0.717) is 0 Å². The van der Waals surface area contributed by atoms with Gasteiger partial charge in [0.1, 0.15) is 12.7 Å². The molecular weight excluding hydrogens is 128 g/mol. The fourth-order valence-electron chi connectivity index (χ4n) is 0.754. The monoisotopic (exact) mass is 133 g/mol. The number of rotatable bonds is 1. The van der Waals surface area contributed by atoms with Gasteiger partial charge >= 0.3 is 0 Å². The highest BCUT2D eigenvalue weighted by Gasteiger charge is 1.99. The fraction of sp³-hybridized carbons (Fsp3) is 0. The molecule has 0 bridgehead atoms.